The Morgan fingerprint density at radius 1 is 1.03 bits per heavy atom. The molecule has 0 aromatic carbocycles. The van der Waals surface area contributed by atoms with Gasteiger partial charge in [0.25, 0.3) is 0 Å². The van der Waals surface area contributed by atoms with Crippen molar-refractivity contribution in [2.45, 2.75) is 105 Å². The third-order valence-corrected chi connectivity index (χ3v) is 10.6. The number of fused-ring (bicyclic) bond motifs is 5. The molecule has 1 unspecified atom stereocenters. The Balaban J connectivity index is 0.00000272. The van der Waals surface area contributed by atoms with Gasteiger partial charge >= 0.3 is 5.97 Å². The third-order valence-electron chi connectivity index (χ3n) is 10.6. The average Bonchev–Trinajstić information content (AvgIpc) is 3.04. The number of aliphatic carboxylic acids is 1. The van der Waals surface area contributed by atoms with E-state index in [-0.39, 0.29) is 16.8 Å². The van der Waals surface area contributed by atoms with Gasteiger partial charge in [-0.25, -0.2) is 0 Å². The first-order chi connectivity index (χ1) is 14.2. The fraction of sp³-hybridized carbons (Fsp3) is 0.893. The molecule has 0 bridgehead atoms. The van der Waals surface area contributed by atoms with Crippen LogP contribution >= 0.6 is 0 Å². The number of carboxylic acid groups (broad SMARTS) is 1. The molecular weight excluding hydrogens is 384 g/mol. The second-order valence-electron chi connectivity index (χ2n) is 12.5. The summed E-state index contributed by atoms with van der Waals surface area (Å²) in [5.41, 5.74) is 2.33. The SMILES string of the molecule is CC(C)CCC[C@@H](C)[C@H]1CC[C@H]2[C@@H]3CCC4=CC(C(=O)O)CC[C@]4(C)[C@H]3CC[C@]12C.O. The molecule has 3 fully saturated rings. The maximum atomic E-state index is 11.6. The van der Waals surface area contributed by atoms with Crippen LogP contribution in [-0.4, -0.2) is 16.6 Å². The highest BCUT2D eigenvalue weighted by Gasteiger charge is 2.59. The molecule has 8 atom stereocenters. The first-order valence-electron chi connectivity index (χ1n) is 13.1. The predicted molar refractivity (Wildman–Crippen MR) is 128 cm³/mol. The van der Waals surface area contributed by atoms with Crippen molar-refractivity contribution in [3.05, 3.63) is 11.6 Å². The van der Waals surface area contributed by atoms with Gasteiger partial charge in [0.1, 0.15) is 0 Å². The van der Waals surface area contributed by atoms with Crippen LogP contribution in [-0.2, 0) is 4.79 Å². The number of hydrogen-bond donors (Lipinski definition) is 1. The number of rotatable bonds is 6. The smallest absolute Gasteiger partial charge is 0.310 e. The Morgan fingerprint density at radius 2 is 1.77 bits per heavy atom. The Labute approximate surface area is 190 Å². The van der Waals surface area contributed by atoms with E-state index >= 15 is 0 Å². The molecule has 3 saturated carbocycles. The lowest BCUT2D eigenvalue weighted by atomic mass is 9.46. The van der Waals surface area contributed by atoms with Gasteiger partial charge in [0.2, 0.25) is 0 Å². The van der Waals surface area contributed by atoms with Crippen LogP contribution in [0.4, 0.5) is 0 Å². The molecule has 4 aliphatic rings. The van der Waals surface area contributed by atoms with E-state index in [9.17, 15) is 9.90 Å². The highest BCUT2D eigenvalue weighted by atomic mass is 16.4. The number of carboxylic acids is 1. The zero-order valence-corrected chi connectivity index (χ0v) is 20.8. The molecule has 0 saturated heterocycles. The van der Waals surface area contributed by atoms with Crippen LogP contribution in [0.25, 0.3) is 0 Å². The molecule has 0 aromatic heterocycles. The number of carbonyl (C=O) groups is 1. The van der Waals surface area contributed by atoms with Gasteiger partial charge < -0.3 is 10.6 Å². The van der Waals surface area contributed by atoms with Gasteiger partial charge in [-0.2, -0.15) is 0 Å². The van der Waals surface area contributed by atoms with E-state index < -0.39 is 5.97 Å². The molecule has 3 N–H and O–H groups in total. The molecule has 0 spiro atoms. The molecule has 0 amide bonds. The molecule has 0 aromatic rings. The minimum absolute atomic E-state index is 0. The topological polar surface area (TPSA) is 68.8 Å². The maximum Gasteiger partial charge on any atom is 0.310 e. The highest BCUT2D eigenvalue weighted by Crippen LogP contribution is 2.68. The standard InChI is InChI=1S/C28H46O2.H2O/c1-18(2)7-6-8-19(3)23-11-12-24-22-10-9-21-17-20(26(29)30)13-15-27(21,4)25(22)14-16-28(23,24)5;/h17-20,22-25H,6-16H2,1-5H3,(H,29,30);1H2/t19-,20?,22+,23-,24+,25+,27+,28-;/m1./s1. The van der Waals surface area contributed by atoms with Crippen LogP contribution in [0, 0.1) is 52.3 Å². The monoisotopic (exact) mass is 432 g/mol. The summed E-state index contributed by atoms with van der Waals surface area (Å²) >= 11 is 0. The van der Waals surface area contributed by atoms with E-state index in [1.165, 1.54) is 56.9 Å². The van der Waals surface area contributed by atoms with Crippen molar-refractivity contribution in [3.63, 3.8) is 0 Å². The molecule has 3 heteroatoms. The van der Waals surface area contributed by atoms with E-state index in [1.807, 2.05) is 0 Å². The normalized spacial score (nSPS) is 42.6. The highest BCUT2D eigenvalue weighted by molar-refractivity contribution is 5.72. The Kier molecular flexibility index (Phi) is 7.36. The maximum absolute atomic E-state index is 11.6. The van der Waals surface area contributed by atoms with E-state index in [1.54, 1.807) is 0 Å². The van der Waals surface area contributed by atoms with Gasteiger partial charge in [0, 0.05) is 0 Å². The van der Waals surface area contributed by atoms with Gasteiger partial charge in [0.05, 0.1) is 5.92 Å². The van der Waals surface area contributed by atoms with Gasteiger partial charge in [-0.1, -0.05) is 65.5 Å². The van der Waals surface area contributed by atoms with E-state index in [4.69, 9.17) is 0 Å². The molecule has 178 valence electrons. The number of allylic oxidation sites excluding steroid dienone is 1. The zero-order valence-electron chi connectivity index (χ0n) is 20.8. The average molecular weight is 433 g/mol. The second-order valence-corrected chi connectivity index (χ2v) is 12.5. The van der Waals surface area contributed by atoms with Gasteiger partial charge in [-0.3, -0.25) is 4.79 Å². The van der Waals surface area contributed by atoms with Crippen molar-refractivity contribution in [2.24, 2.45) is 52.3 Å². The number of hydrogen-bond acceptors (Lipinski definition) is 1. The second kappa shape index (κ2) is 9.20. The molecular formula is C28H48O3. The fourth-order valence-corrected chi connectivity index (χ4v) is 8.95. The molecule has 31 heavy (non-hydrogen) atoms. The Morgan fingerprint density at radius 3 is 2.45 bits per heavy atom. The molecule has 4 rings (SSSR count). The molecule has 3 nitrogen and oxygen atoms in total. The van der Waals surface area contributed by atoms with Crippen molar-refractivity contribution in [3.8, 4) is 0 Å². The summed E-state index contributed by atoms with van der Waals surface area (Å²) in [4.78, 5) is 11.6. The minimum Gasteiger partial charge on any atom is -0.481 e. The van der Waals surface area contributed by atoms with E-state index in [0.717, 1.165) is 54.8 Å². The summed E-state index contributed by atoms with van der Waals surface area (Å²) in [5.74, 6) is 4.35. The summed E-state index contributed by atoms with van der Waals surface area (Å²) in [7, 11) is 0. The first-order valence-corrected chi connectivity index (χ1v) is 13.1. The summed E-state index contributed by atoms with van der Waals surface area (Å²) in [5, 5.41) is 9.53. The molecule has 4 aliphatic carbocycles. The van der Waals surface area contributed by atoms with Crippen molar-refractivity contribution in [1.82, 2.24) is 0 Å². The van der Waals surface area contributed by atoms with Crippen LogP contribution < -0.4 is 0 Å². The Bertz CT molecular complexity index is 682. The van der Waals surface area contributed by atoms with Gasteiger partial charge in [0.15, 0.2) is 0 Å². The largest absolute Gasteiger partial charge is 0.481 e. The minimum atomic E-state index is -0.618. The van der Waals surface area contributed by atoms with Crippen LogP contribution in [0.15, 0.2) is 11.6 Å². The zero-order chi connectivity index (χ0) is 21.7. The summed E-state index contributed by atoms with van der Waals surface area (Å²) in [6.07, 6.45) is 16.5. The molecule has 0 heterocycles. The van der Waals surface area contributed by atoms with Crippen LogP contribution in [0.5, 0.6) is 0 Å². The summed E-state index contributed by atoms with van der Waals surface area (Å²) < 4.78 is 0. The lowest BCUT2D eigenvalue weighted by molar-refractivity contribution is -0.141. The molecule has 0 radical (unpaired) electrons. The van der Waals surface area contributed by atoms with Crippen molar-refractivity contribution < 1.29 is 15.4 Å². The lowest BCUT2D eigenvalue weighted by Crippen LogP contribution is -2.51. The predicted octanol–water partition coefficient (Wildman–Crippen LogP) is 6.90. The van der Waals surface area contributed by atoms with Crippen molar-refractivity contribution in [2.75, 3.05) is 0 Å². The Hall–Kier alpha value is -0.830. The lowest BCUT2D eigenvalue weighted by Gasteiger charge is -2.59. The van der Waals surface area contributed by atoms with E-state index in [2.05, 4.69) is 40.7 Å². The first kappa shape index (κ1) is 24.8. The van der Waals surface area contributed by atoms with E-state index in [0.29, 0.717) is 5.41 Å². The molecule has 0 aliphatic heterocycles. The van der Waals surface area contributed by atoms with Crippen molar-refractivity contribution >= 4 is 5.97 Å². The van der Waals surface area contributed by atoms with Crippen LogP contribution in [0.2, 0.25) is 0 Å². The van der Waals surface area contributed by atoms with Gasteiger partial charge in [-0.15, -0.1) is 0 Å². The van der Waals surface area contributed by atoms with Gasteiger partial charge in [-0.05, 0) is 97.7 Å². The quantitative estimate of drug-likeness (QED) is 0.464. The fourth-order valence-electron chi connectivity index (χ4n) is 8.95. The summed E-state index contributed by atoms with van der Waals surface area (Å²) in [6, 6.07) is 0. The van der Waals surface area contributed by atoms with Crippen LogP contribution in [0.1, 0.15) is 105 Å². The van der Waals surface area contributed by atoms with Crippen LogP contribution in [0.3, 0.4) is 0 Å². The summed E-state index contributed by atoms with van der Waals surface area (Å²) in [6.45, 7) is 12.4. The third kappa shape index (κ3) is 4.25. The van der Waals surface area contributed by atoms with Crippen molar-refractivity contribution in [1.29, 1.82) is 0 Å².